The first-order chi connectivity index (χ1) is 15.2. The van der Waals surface area contributed by atoms with Gasteiger partial charge in [0.25, 0.3) is 0 Å². The first-order valence-electron chi connectivity index (χ1n) is 10.6. The number of anilines is 1. The molecule has 4 heterocycles. The summed E-state index contributed by atoms with van der Waals surface area (Å²) in [5.74, 6) is 0.781. The molecule has 0 amide bonds. The van der Waals surface area contributed by atoms with Gasteiger partial charge in [0.05, 0.1) is 5.69 Å². The summed E-state index contributed by atoms with van der Waals surface area (Å²) in [6.07, 6.45) is 11.8. The molecule has 0 unspecified atom stereocenters. The quantitative estimate of drug-likeness (QED) is 0.628. The van der Waals surface area contributed by atoms with Crippen LogP contribution in [0.4, 0.5) is 5.82 Å². The first kappa shape index (κ1) is 19.4. The van der Waals surface area contributed by atoms with E-state index in [1.807, 2.05) is 30.9 Å². The average molecular weight is 408 g/mol. The minimum absolute atomic E-state index is 0.781. The van der Waals surface area contributed by atoms with E-state index in [2.05, 4.69) is 75.2 Å². The predicted molar refractivity (Wildman–Crippen MR) is 130 cm³/mol. The topological polar surface area (TPSA) is 53.4 Å². The van der Waals surface area contributed by atoms with Gasteiger partial charge >= 0.3 is 0 Å². The summed E-state index contributed by atoms with van der Waals surface area (Å²) >= 11 is 0. The van der Waals surface area contributed by atoms with Crippen molar-refractivity contribution in [3.8, 4) is 0 Å². The van der Waals surface area contributed by atoms with Gasteiger partial charge in [-0.2, -0.15) is 0 Å². The number of aromatic nitrogens is 2. The van der Waals surface area contributed by atoms with Crippen LogP contribution in [0.15, 0.2) is 72.6 Å². The van der Waals surface area contributed by atoms with Crippen molar-refractivity contribution in [2.45, 2.75) is 12.8 Å². The number of benzene rings is 1. The number of hydrogen-bond donors (Lipinski definition) is 1. The fraction of sp³-hybridized carbons (Fsp3) is 0.192. The summed E-state index contributed by atoms with van der Waals surface area (Å²) in [5, 5.41) is 5.63. The van der Waals surface area contributed by atoms with Crippen LogP contribution in [-0.2, 0) is 0 Å². The molecule has 31 heavy (non-hydrogen) atoms. The predicted octanol–water partition coefficient (Wildman–Crippen LogP) is 5.25. The largest absolute Gasteiger partial charge is 0.340 e. The van der Waals surface area contributed by atoms with Crippen molar-refractivity contribution in [3.63, 3.8) is 0 Å². The third kappa shape index (κ3) is 4.18. The summed E-state index contributed by atoms with van der Waals surface area (Å²) in [6.45, 7) is 6.27. The number of fused-ring (bicyclic) bond motifs is 1. The van der Waals surface area contributed by atoms with Crippen LogP contribution in [-0.4, -0.2) is 41.2 Å². The minimum Gasteiger partial charge on any atom is -0.340 e. The molecule has 5 heteroatoms. The highest BCUT2D eigenvalue weighted by Gasteiger charge is 2.12. The normalized spacial score (nSPS) is 16.3. The summed E-state index contributed by atoms with van der Waals surface area (Å²) in [5.41, 5.74) is 6.60. The van der Waals surface area contributed by atoms with Crippen LogP contribution in [0, 0.1) is 0 Å². The van der Waals surface area contributed by atoms with Crippen LogP contribution in [0.1, 0.15) is 29.7 Å². The van der Waals surface area contributed by atoms with Crippen molar-refractivity contribution in [1.29, 1.82) is 0 Å². The van der Waals surface area contributed by atoms with Crippen LogP contribution in [0.2, 0.25) is 0 Å². The fourth-order valence-electron chi connectivity index (χ4n) is 3.97. The molecule has 2 aromatic heterocycles. The van der Waals surface area contributed by atoms with Gasteiger partial charge in [0.1, 0.15) is 5.82 Å². The molecule has 2 aliphatic heterocycles. The van der Waals surface area contributed by atoms with Crippen molar-refractivity contribution >= 4 is 39.6 Å². The van der Waals surface area contributed by atoms with Crippen LogP contribution < -0.4 is 5.32 Å². The lowest BCUT2D eigenvalue weighted by Gasteiger charge is -2.21. The Morgan fingerprint density at radius 3 is 2.81 bits per heavy atom. The molecular weight excluding hydrogens is 382 g/mol. The van der Waals surface area contributed by atoms with Crippen LogP contribution in [0.5, 0.6) is 0 Å². The first-order valence-corrected chi connectivity index (χ1v) is 10.6. The van der Waals surface area contributed by atoms with Gasteiger partial charge in [-0.05, 0) is 59.8 Å². The number of allylic oxidation sites excluding steroid dienone is 1. The van der Waals surface area contributed by atoms with E-state index in [0.717, 1.165) is 59.5 Å². The van der Waals surface area contributed by atoms with E-state index in [1.165, 1.54) is 16.7 Å². The van der Waals surface area contributed by atoms with Gasteiger partial charge in [-0.1, -0.05) is 24.8 Å². The number of rotatable bonds is 5. The van der Waals surface area contributed by atoms with Gasteiger partial charge in [-0.15, -0.1) is 0 Å². The zero-order chi connectivity index (χ0) is 21.2. The number of nitrogens with one attached hydrogen (secondary N) is 1. The lowest BCUT2D eigenvalue weighted by Crippen LogP contribution is -2.23. The number of pyridine rings is 2. The molecule has 154 valence electrons. The maximum Gasteiger partial charge on any atom is 0.130 e. The van der Waals surface area contributed by atoms with Crippen LogP contribution in [0.3, 0.4) is 0 Å². The Kier molecular flexibility index (Phi) is 5.18. The van der Waals surface area contributed by atoms with Gasteiger partial charge in [0.2, 0.25) is 0 Å². The van der Waals surface area contributed by atoms with Gasteiger partial charge in [-0.25, -0.2) is 4.98 Å². The minimum atomic E-state index is 0.781. The Labute approximate surface area is 182 Å². The molecule has 0 bridgehead atoms. The van der Waals surface area contributed by atoms with E-state index >= 15 is 0 Å². The summed E-state index contributed by atoms with van der Waals surface area (Å²) in [4.78, 5) is 15.7. The number of aliphatic imine (C=N–C) groups is 1. The van der Waals surface area contributed by atoms with E-state index in [9.17, 15) is 0 Å². The lowest BCUT2D eigenvalue weighted by molar-refractivity contribution is 0.370. The average Bonchev–Trinajstić information content (AvgIpc) is 3.34. The molecule has 0 atom stereocenters. The summed E-state index contributed by atoms with van der Waals surface area (Å²) < 4.78 is 0. The standard InChI is InChI=1S/C26H25N5/c1-18(20-6-10-28-25(14-20)19-7-11-31(2)12-8-19)30-26-15-24-13-21(23-5-9-27-16-23)3-4-22(24)17-29-26/h3-4,6-7,9-10,13-17H,1,5,8,11-12H2,2H3,(H,29,30). The lowest BCUT2D eigenvalue weighted by atomic mass is 10.0. The SMILES string of the molecule is C=C(Nc1cc2cc(C3=CN=CC3)ccc2cn1)c1ccnc(C2=CCN(C)CC2)c1. The highest BCUT2D eigenvalue weighted by molar-refractivity contribution is 5.91. The second kappa shape index (κ2) is 8.28. The third-order valence-electron chi connectivity index (χ3n) is 5.87. The van der Waals surface area contributed by atoms with Gasteiger partial charge in [0.15, 0.2) is 0 Å². The Morgan fingerprint density at radius 1 is 1.06 bits per heavy atom. The molecule has 5 rings (SSSR count). The van der Waals surface area contributed by atoms with Crippen molar-refractivity contribution in [1.82, 2.24) is 14.9 Å². The molecule has 1 aromatic carbocycles. The molecule has 2 aliphatic rings. The van der Waals surface area contributed by atoms with Gasteiger partial charge in [-0.3, -0.25) is 9.98 Å². The molecule has 0 saturated carbocycles. The third-order valence-corrected chi connectivity index (χ3v) is 5.87. The Hall–Kier alpha value is -3.57. The monoisotopic (exact) mass is 407 g/mol. The smallest absolute Gasteiger partial charge is 0.130 e. The molecule has 0 fully saturated rings. The van der Waals surface area contributed by atoms with E-state index < -0.39 is 0 Å². The summed E-state index contributed by atoms with van der Waals surface area (Å²) in [6, 6.07) is 12.6. The second-order valence-corrected chi connectivity index (χ2v) is 8.10. The van der Waals surface area contributed by atoms with Crippen molar-refractivity contribution in [2.75, 3.05) is 25.5 Å². The highest BCUT2D eigenvalue weighted by Crippen LogP contribution is 2.27. The van der Waals surface area contributed by atoms with E-state index in [1.54, 1.807) is 0 Å². The molecule has 5 nitrogen and oxygen atoms in total. The fourth-order valence-corrected chi connectivity index (χ4v) is 3.97. The molecule has 0 spiro atoms. The number of likely N-dealkylation sites (N-methyl/N-ethyl adjacent to an activating group) is 1. The van der Waals surface area contributed by atoms with Crippen LogP contribution in [0.25, 0.3) is 27.6 Å². The molecule has 3 aromatic rings. The highest BCUT2D eigenvalue weighted by atomic mass is 15.1. The molecule has 0 radical (unpaired) electrons. The number of nitrogens with zero attached hydrogens (tertiary/aromatic N) is 4. The van der Waals surface area contributed by atoms with E-state index in [0.29, 0.717) is 0 Å². The van der Waals surface area contributed by atoms with E-state index in [4.69, 9.17) is 0 Å². The molecular formula is C26H25N5. The van der Waals surface area contributed by atoms with Gasteiger partial charge in [0, 0.05) is 61.0 Å². The maximum absolute atomic E-state index is 4.58. The van der Waals surface area contributed by atoms with Crippen molar-refractivity contribution in [2.24, 2.45) is 4.99 Å². The Morgan fingerprint density at radius 2 is 2.00 bits per heavy atom. The maximum atomic E-state index is 4.58. The van der Waals surface area contributed by atoms with Crippen molar-refractivity contribution < 1.29 is 0 Å². The van der Waals surface area contributed by atoms with Crippen molar-refractivity contribution in [3.05, 3.63) is 84.5 Å². The Balaban J connectivity index is 1.37. The molecule has 0 aliphatic carbocycles. The molecule has 1 N–H and O–H groups in total. The zero-order valence-electron chi connectivity index (χ0n) is 17.7. The Bertz CT molecular complexity index is 1250. The van der Waals surface area contributed by atoms with Gasteiger partial charge < -0.3 is 10.2 Å². The summed E-state index contributed by atoms with van der Waals surface area (Å²) in [7, 11) is 2.14. The second-order valence-electron chi connectivity index (χ2n) is 8.10. The zero-order valence-corrected chi connectivity index (χ0v) is 17.7. The van der Waals surface area contributed by atoms with E-state index in [-0.39, 0.29) is 0 Å². The molecule has 0 saturated heterocycles. The number of hydrogen-bond acceptors (Lipinski definition) is 5. The van der Waals surface area contributed by atoms with Crippen LogP contribution >= 0.6 is 0 Å².